The first-order valence-electron chi connectivity index (χ1n) is 13.2. The van der Waals surface area contributed by atoms with Crippen LogP contribution in [0.5, 0.6) is 0 Å². The Morgan fingerprint density at radius 3 is 2.71 bits per heavy atom. The number of esters is 1. The van der Waals surface area contributed by atoms with Crippen molar-refractivity contribution in [3.63, 3.8) is 0 Å². The van der Waals surface area contributed by atoms with Crippen LogP contribution in [0.25, 0.3) is 22.3 Å². The molecule has 8 nitrogen and oxygen atoms in total. The van der Waals surface area contributed by atoms with Crippen LogP contribution in [0.3, 0.4) is 0 Å². The van der Waals surface area contributed by atoms with E-state index in [4.69, 9.17) is 9.72 Å². The second-order valence-corrected chi connectivity index (χ2v) is 11.0. The van der Waals surface area contributed by atoms with Gasteiger partial charge in [-0.05, 0) is 69.5 Å². The molecule has 0 spiro atoms. The first-order chi connectivity index (χ1) is 18.1. The van der Waals surface area contributed by atoms with Gasteiger partial charge in [-0.3, -0.25) is 4.79 Å². The molecular weight excluding hydrogens is 489 g/mol. The van der Waals surface area contributed by atoms with Gasteiger partial charge in [0.25, 0.3) is 5.56 Å². The zero-order valence-corrected chi connectivity index (χ0v) is 22.1. The number of aromatic nitrogens is 2. The summed E-state index contributed by atoms with van der Waals surface area (Å²) in [5, 5.41) is 22.0. The van der Waals surface area contributed by atoms with Crippen molar-refractivity contribution in [2.24, 2.45) is 0 Å². The molecule has 1 aliphatic carbocycles. The first-order valence-corrected chi connectivity index (χ1v) is 13.2. The van der Waals surface area contributed by atoms with Crippen molar-refractivity contribution in [1.29, 1.82) is 0 Å². The molecule has 0 bridgehead atoms. The Balaban J connectivity index is 1.67. The normalized spacial score (nSPS) is 22.3. The van der Waals surface area contributed by atoms with Crippen molar-refractivity contribution >= 4 is 16.9 Å². The lowest BCUT2D eigenvalue weighted by Crippen LogP contribution is -2.44. The topological polar surface area (TPSA) is 105 Å². The van der Waals surface area contributed by atoms with Gasteiger partial charge in [0.05, 0.1) is 29.0 Å². The lowest BCUT2D eigenvalue weighted by atomic mass is 9.74. The van der Waals surface area contributed by atoms with Gasteiger partial charge in [0.15, 0.2) is 5.60 Å². The first kappa shape index (κ1) is 25.2. The molecule has 1 aromatic carbocycles. The number of benzene rings is 1. The highest BCUT2D eigenvalue weighted by Gasteiger charge is 2.46. The SMILES string of the molecule is CC[C@@]1(O)C(=O)OCc2c1cc1n(c2=O)Cc2c-1nc1cc(F)c(C)c3c1c2[C@H]([C@H](CCO)N(C)C)CC3. The molecule has 3 aromatic rings. The molecule has 0 unspecified atom stereocenters. The standard InChI is InChI=1S/C29H32FN3O5/c1-5-29(37)19-10-23-26-17(12-33(23)27(35)18(19)13-38-28(29)36)24-16(22(8-9-34)32(3)4)7-6-15-14(2)20(30)11-21(31-26)25(15)24/h10-11,16,22,34,37H,5-9,12-13H2,1-4H3/t16-,22-,29-/m0/s1. The van der Waals surface area contributed by atoms with E-state index >= 15 is 4.39 Å². The Labute approximate surface area is 219 Å². The minimum atomic E-state index is -1.91. The van der Waals surface area contributed by atoms with Gasteiger partial charge >= 0.3 is 5.97 Å². The van der Waals surface area contributed by atoms with Gasteiger partial charge in [0.2, 0.25) is 0 Å². The largest absolute Gasteiger partial charge is 0.458 e. The number of cyclic esters (lactones) is 1. The summed E-state index contributed by atoms with van der Waals surface area (Å²) in [7, 11) is 4.00. The van der Waals surface area contributed by atoms with Crippen LogP contribution in [-0.4, -0.2) is 57.4 Å². The third kappa shape index (κ3) is 3.28. The number of hydrogen-bond acceptors (Lipinski definition) is 7. The minimum absolute atomic E-state index is 0.0399. The van der Waals surface area contributed by atoms with Gasteiger partial charge in [-0.15, -0.1) is 0 Å². The number of halogens is 1. The van der Waals surface area contributed by atoms with E-state index in [1.165, 1.54) is 6.07 Å². The number of aliphatic hydroxyl groups is 2. The average Bonchev–Trinajstić information content (AvgIpc) is 3.27. The van der Waals surface area contributed by atoms with Gasteiger partial charge in [0, 0.05) is 41.1 Å². The van der Waals surface area contributed by atoms with Gasteiger partial charge in [-0.25, -0.2) is 14.2 Å². The fourth-order valence-corrected chi connectivity index (χ4v) is 6.93. The molecule has 9 heteroatoms. The molecule has 0 saturated heterocycles. The maximum absolute atomic E-state index is 15.1. The van der Waals surface area contributed by atoms with Crippen LogP contribution < -0.4 is 5.56 Å². The molecule has 200 valence electrons. The molecule has 0 radical (unpaired) electrons. The third-order valence-corrected chi connectivity index (χ3v) is 8.98. The Kier molecular flexibility index (Phi) is 5.75. The third-order valence-electron chi connectivity index (χ3n) is 8.98. The van der Waals surface area contributed by atoms with E-state index in [9.17, 15) is 19.8 Å². The molecule has 2 aromatic heterocycles. The summed E-state index contributed by atoms with van der Waals surface area (Å²) >= 11 is 0. The summed E-state index contributed by atoms with van der Waals surface area (Å²) in [5.41, 5.74) is 3.46. The number of aryl methyl sites for hydroxylation is 1. The number of rotatable bonds is 5. The highest BCUT2D eigenvalue weighted by molar-refractivity contribution is 5.93. The Bertz CT molecular complexity index is 1580. The van der Waals surface area contributed by atoms with Crippen molar-refractivity contribution < 1.29 is 24.1 Å². The van der Waals surface area contributed by atoms with E-state index in [0.717, 1.165) is 28.5 Å². The van der Waals surface area contributed by atoms with Crippen LogP contribution in [0, 0.1) is 12.7 Å². The number of fused-ring (bicyclic) bond motifs is 5. The lowest BCUT2D eigenvalue weighted by molar-refractivity contribution is -0.172. The van der Waals surface area contributed by atoms with Gasteiger partial charge in [-0.1, -0.05) is 6.92 Å². The Morgan fingerprint density at radius 1 is 1.26 bits per heavy atom. The molecule has 38 heavy (non-hydrogen) atoms. The van der Waals surface area contributed by atoms with Gasteiger partial charge in [-0.2, -0.15) is 0 Å². The Hall–Kier alpha value is -3.14. The molecule has 3 aliphatic rings. The summed E-state index contributed by atoms with van der Waals surface area (Å²) in [5.74, 6) is -1.03. The van der Waals surface area contributed by atoms with Crippen LogP contribution in [0.15, 0.2) is 16.9 Å². The van der Waals surface area contributed by atoms with Gasteiger partial charge in [0.1, 0.15) is 12.4 Å². The fourth-order valence-electron chi connectivity index (χ4n) is 6.93. The number of hydrogen-bond donors (Lipinski definition) is 2. The molecule has 0 amide bonds. The number of pyridine rings is 2. The van der Waals surface area contributed by atoms with Crippen LogP contribution in [-0.2, 0) is 34.7 Å². The van der Waals surface area contributed by atoms with Crippen molar-refractivity contribution in [1.82, 2.24) is 14.5 Å². The molecule has 3 atom stereocenters. The van der Waals surface area contributed by atoms with E-state index in [1.807, 2.05) is 14.1 Å². The monoisotopic (exact) mass is 521 g/mol. The lowest BCUT2D eigenvalue weighted by Gasteiger charge is -2.37. The van der Waals surface area contributed by atoms with E-state index < -0.39 is 11.6 Å². The number of carbonyl (C=O) groups is 1. The zero-order chi connectivity index (χ0) is 27.1. The second kappa shape index (κ2) is 8.69. The zero-order valence-electron chi connectivity index (χ0n) is 22.1. The number of nitrogens with zero attached hydrogens (tertiary/aromatic N) is 3. The van der Waals surface area contributed by atoms with E-state index in [1.54, 1.807) is 24.5 Å². The summed E-state index contributed by atoms with van der Waals surface area (Å²) in [6, 6.07) is 3.20. The molecule has 0 saturated carbocycles. The van der Waals surface area contributed by atoms with Crippen LogP contribution in [0.1, 0.15) is 65.5 Å². The smallest absolute Gasteiger partial charge is 0.343 e. The van der Waals surface area contributed by atoms with Crippen LogP contribution in [0.4, 0.5) is 4.39 Å². The summed E-state index contributed by atoms with van der Waals surface area (Å²) in [6.45, 7) is 3.62. The molecule has 2 aliphatic heterocycles. The van der Waals surface area contributed by atoms with Crippen molar-refractivity contribution in [2.45, 2.75) is 70.2 Å². The predicted octanol–water partition coefficient (Wildman–Crippen LogP) is 2.87. The molecule has 2 N–H and O–H groups in total. The summed E-state index contributed by atoms with van der Waals surface area (Å²) in [6.07, 6.45) is 2.13. The maximum atomic E-state index is 15.1. The van der Waals surface area contributed by atoms with Gasteiger partial charge < -0.3 is 24.4 Å². The molecule has 4 heterocycles. The summed E-state index contributed by atoms with van der Waals surface area (Å²) < 4.78 is 21.9. The number of ether oxygens (including phenoxy) is 1. The van der Waals surface area contributed by atoms with E-state index in [-0.39, 0.29) is 54.1 Å². The molecule has 0 fully saturated rings. The molecule has 6 rings (SSSR count). The quantitative estimate of drug-likeness (QED) is 0.389. The van der Waals surface area contributed by atoms with Crippen LogP contribution >= 0.6 is 0 Å². The second-order valence-electron chi connectivity index (χ2n) is 11.0. The van der Waals surface area contributed by atoms with Crippen molar-refractivity contribution in [3.8, 4) is 11.4 Å². The van der Waals surface area contributed by atoms with E-state index in [0.29, 0.717) is 41.9 Å². The maximum Gasteiger partial charge on any atom is 0.343 e. The van der Waals surface area contributed by atoms with Crippen molar-refractivity contribution in [3.05, 3.63) is 61.7 Å². The minimum Gasteiger partial charge on any atom is -0.458 e. The fraction of sp³-hybridized carbons (Fsp3) is 0.483. The van der Waals surface area contributed by atoms with Crippen molar-refractivity contribution in [2.75, 3.05) is 20.7 Å². The van der Waals surface area contributed by atoms with E-state index in [2.05, 4.69) is 4.90 Å². The summed E-state index contributed by atoms with van der Waals surface area (Å²) in [4.78, 5) is 33.3. The highest BCUT2D eigenvalue weighted by Crippen LogP contribution is 2.48. The number of likely N-dealkylation sites (N-methyl/N-ethyl adjacent to an activating group) is 1. The Morgan fingerprint density at radius 2 is 2.03 bits per heavy atom. The number of aliphatic hydroxyl groups excluding tert-OH is 1. The molecular formula is C29H32FN3O5. The average molecular weight is 522 g/mol. The predicted molar refractivity (Wildman–Crippen MR) is 139 cm³/mol. The highest BCUT2D eigenvalue weighted by atomic mass is 19.1. The number of carbonyl (C=O) groups excluding carboxylic acids is 1. The van der Waals surface area contributed by atoms with Crippen LogP contribution in [0.2, 0.25) is 0 Å².